The van der Waals surface area contributed by atoms with Gasteiger partial charge in [-0.05, 0) is 13.0 Å². The summed E-state index contributed by atoms with van der Waals surface area (Å²) in [5.74, 6) is -0.00727. The number of aromatic nitrogens is 3. The van der Waals surface area contributed by atoms with Crippen molar-refractivity contribution in [2.45, 2.75) is 25.6 Å². The van der Waals surface area contributed by atoms with Gasteiger partial charge in [-0.15, -0.1) is 0 Å². The molecule has 0 aliphatic carbocycles. The van der Waals surface area contributed by atoms with Gasteiger partial charge >= 0.3 is 6.18 Å². The number of nitrogens with zero attached hydrogens (tertiary/aromatic N) is 3. The highest BCUT2D eigenvalue weighted by Crippen LogP contribution is 2.30. The van der Waals surface area contributed by atoms with Crippen molar-refractivity contribution in [3.05, 3.63) is 40.9 Å². The summed E-state index contributed by atoms with van der Waals surface area (Å²) in [7, 11) is 0. The fourth-order valence-corrected chi connectivity index (χ4v) is 1.99. The summed E-state index contributed by atoms with van der Waals surface area (Å²) in [5.41, 5.74) is -1.49. The van der Waals surface area contributed by atoms with E-state index in [-0.39, 0.29) is 23.3 Å². The lowest BCUT2D eigenvalue weighted by Gasteiger charge is -2.16. The number of halogens is 6. The molecule has 0 bridgehead atoms. The molecular weight excluding hydrogens is 371 g/mol. The van der Waals surface area contributed by atoms with Gasteiger partial charge in [0.15, 0.2) is 0 Å². The topological polar surface area (TPSA) is 59.9 Å². The van der Waals surface area contributed by atoms with E-state index in [1.54, 1.807) is 6.92 Å². The fourth-order valence-electron chi connectivity index (χ4n) is 1.76. The molecule has 0 spiro atoms. The fraction of sp³-hybridized carbons (Fsp3) is 0.357. The highest BCUT2D eigenvalue weighted by Gasteiger charge is 2.30. The number of anilines is 1. The zero-order valence-electron chi connectivity index (χ0n) is 12.7. The normalized spacial score (nSPS) is 13.0. The quantitative estimate of drug-likeness (QED) is 0.752. The second-order valence-corrected chi connectivity index (χ2v) is 5.34. The summed E-state index contributed by atoms with van der Waals surface area (Å²) >= 11 is 5.80. The molecule has 1 atom stereocenters. The Morgan fingerprint density at radius 2 is 1.92 bits per heavy atom. The maximum Gasteiger partial charge on any atom is 0.417 e. The van der Waals surface area contributed by atoms with Gasteiger partial charge in [0.05, 0.1) is 11.6 Å². The number of pyridine rings is 1. The Bertz CT molecular complexity index is 711. The van der Waals surface area contributed by atoms with Gasteiger partial charge in [-0.2, -0.15) is 13.2 Å². The molecule has 0 aliphatic rings. The lowest BCUT2D eigenvalue weighted by atomic mass is 10.3. The summed E-state index contributed by atoms with van der Waals surface area (Å²) in [6.07, 6.45) is -5.73. The van der Waals surface area contributed by atoms with Crippen molar-refractivity contribution in [2.75, 3.05) is 11.9 Å². The Balaban J connectivity index is 1.95. The first-order valence-electron chi connectivity index (χ1n) is 6.89. The van der Waals surface area contributed by atoms with E-state index in [9.17, 15) is 22.0 Å². The molecule has 1 unspecified atom stereocenters. The van der Waals surface area contributed by atoms with Crippen molar-refractivity contribution in [3.63, 3.8) is 0 Å². The Labute approximate surface area is 144 Å². The van der Waals surface area contributed by atoms with E-state index in [2.05, 4.69) is 20.3 Å². The molecule has 2 aromatic heterocycles. The molecule has 2 rings (SSSR count). The second kappa shape index (κ2) is 7.77. The summed E-state index contributed by atoms with van der Waals surface area (Å²) in [6.45, 7) is 1.63. The highest BCUT2D eigenvalue weighted by atomic mass is 35.5. The molecule has 0 radical (unpaired) electrons. The summed E-state index contributed by atoms with van der Waals surface area (Å²) in [4.78, 5) is 10.7. The minimum atomic E-state index is -4.48. The van der Waals surface area contributed by atoms with E-state index >= 15 is 0 Å². The van der Waals surface area contributed by atoms with Crippen molar-refractivity contribution in [1.29, 1.82) is 0 Å². The molecule has 0 aromatic carbocycles. The SMILES string of the molecule is CC(COc1ccc(C(F)(F)F)cn1)Nc1ncnc(C(F)F)c1Cl. The zero-order chi connectivity index (χ0) is 18.6. The van der Waals surface area contributed by atoms with Crippen molar-refractivity contribution in [3.8, 4) is 5.88 Å². The predicted octanol–water partition coefficient (Wildman–Crippen LogP) is 4.36. The Morgan fingerprint density at radius 1 is 1.20 bits per heavy atom. The molecule has 5 nitrogen and oxygen atoms in total. The summed E-state index contributed by atoms with van der Waals surface area (Å²) in [5, 5.41) is 2.45. The molecular formula is C14H12ClF5N4O. The maximum absolute atomic E-state index is 12.7. The highest BCUT2D eigenvalue weighted by molar-refractivity contribution is 6.33. The molecule has 11 heteroatoms. The van der Waals surface area contributed by atoms with Crippen LogP contribution in [0.25, 0.3) is 0 Å². The van der Waals surface area contributed by atoms with Gasteiger partial charge in [-0.1, -0.05) is 11.6 Å². The smallest absolute Gasteiger partial charge is 0.417 e. The molecule has 1 N–H and O–H groups in total. The molecule has 0 aliphatic heterocycles. The van der Waals surface area contributed by atoms with E-state index < -0.39 is 29.9 Å². The van der Waals surface area contributed by atoms with Crippen LogP contribution in [0.15, 0.2) is 24.7 Å². The zero-order valence-corrected chi connectivity index (χ0v) is 13.4. The Morgan fingerprint density at radius 3 is 2.48 bits per heavy atom. The van der Waals surface area contributed by atoms with Gasteiger partial charge < -0.3 is 10.1 Å². The molecule has 136 valence electrons. The molecule has 2 heterocycles. The number of ether oxygens (including phenoxy) is 1. The van der Waals surface area contributed by atoms with E-state index in [1.807, 2.05) is 0 Å². The van der Waals surface area contributed by atoms with Gasteiger partial charge in [0.2, 0.25) is 5.88 Å². The van der Waals surface area contributed by atoms with Crippen molar-refractivity contribution in [2.24, 2.45) is 0 Å². The molecule has 0 fully saturated rings. The lowest BCUT2D eigenvalue weighted by Crippen LogP contribution is -2.24. The number of hydrogen-bond acceptors (Lipinski definition) is 5. The standard InChI is InChI=1S/C14H12ClF5N4O/c1-7(24-13-10(15)11(12(16)17)22-6-23-13)5-25-9-3-2-8(4-21-9)14(18,19)20/h2-4,6-7,12H,5H2,1H3,(H,22,23,24). The van der Waals surface area contributed by atoms with Crippen LogP contribution < -0.4 is 10.1 Å². The van der Waals surface area contributed by atoms with E-state index in [0.717, 1.165) is 18.5 Å². The number of hydrogen-bond donors (Lipinski definition) is 1. The van der Waals surface area contributed by atoms with Crippen LogP contribution in [0.3, 0.4) is 0 Å². The first-order chi connectivity index (χ1) is 11.7. The van der Waals surface area contributed by atoms with Crippen LogP contribution in [-0.4, -0.2) is 27.6 Å². The monoisotopic (exact) mass is 382 g/mol. The minimum Gasteiger partial charge on any atom is -0.475 e. The van der Waals surface area contributed by atoms with Crippen LogP contribution in [0.4, 0.5) is 27.8 Å². The molecule has 0 amide bonds. The first-order valence-corrected chi connectivity index (χ1v) is 7.27. The van der Waals surface area contributed by atoms with Gasteiger partial charge in [0, 0.05) is 12.3 Å². The van der Waals surface area contributed by atoms with Gasteiger partial charge in [-0.3, -0.25) is 0 Å². The lowest BCUT2D eigenvalue weighted by molar-refractivity contribution is -0.137. The average molecular weight is 383 g/mol. The molecule has 0 saturated heterocycles. The molecule has 25 heavy (non-hydrogen) atoms. The number of rotatable bonds is 6. The average Bonchev–Trinajstić information content (AvgIpc) is 2.54. The number of nitrogens with one attached hydrogen (secondary N) is 1. The second-order valence-electron chi connectivity index (χ2n) is 4.96. The predicted molar refractivity (Wildman–Crippen MR) is 79.8 cm³/mol. The summed E-state index contributed by atoms with van der Waals surface area (Å²) < 4.78 is 68.0. The third-order valence-corrected chi connectivity index (χ3v) is 3.32. The minimum absolute atomic E-state index is 0.00319. The van der Waals surface area contributed by atoms with Gasteiger partial charge in [-0.25, -0.2) is 23.7 Å². The Kier molecular flexibility index (Phi) is 5.93. The largest absolute Gasteiger partial charge is 0.475 e. The van der Waals surface area contributed by atoms with Crippen LogP contribution >= 0.6 is 11.6 Å². The van der Waals surface area contributed by atoms with E-state index in [1.165, 1.54) is 0 Å². The third-order valence-electron chi connectivity index (χ3n) is 2.95. The van der Waals surface area contributed by atoms with Gasteiger partial charge in [0.25, 0.3) is 6.43 Å². The van der Waals surface area contributed by atoms with Crippen LogP contribution in [0.1, 0.15) is 24.6 Å². The van der Waals surface area contributed by atoms with Crippen LogP contribution in [0.2, 0.25) is 5.02 Å². The molecule has 2 aromatic rings. The first kappa shape index (κ1) is 19.1. The maximum atomic E-state index is 12.7. The van der Waals surface area contributed by atoms with Crippen molar-refractivity contribution in [1.82, 2.24) is 15.0 Å². The van der Waals surface area contributed by atoms with Crippen LogP contribution in [0, 0.1) is 0 Å². The van der Waals surface area contributed by atoms with Crippen LogP contribution in [0.5, 0.6) is 5.88 Å². The Hall–Kier alpha value is -2.23. The summed E-state index contributed by atoms with van der Waals surface area (Å²) in [6, 6.07) is 1.49. The molecule has 0 saturated carbocycles. The van der Waals surface area contributed by atoms with E-state index in [4.69, 9.17) is 16.3 Å². The van der Waals surface area contributed by atoms with Gasteiger partial charge in [0.1, 0.15) is 29.5 Å². The third kappa shape index (κ3) is 5.12. The number of alkyl halides is 5. The van der Waals surface area contributed by atoms with Crippen LogP contribution in [-0.2, 0) is 6.18 Å². The van der Waals surface area contributed by atoms with E-state index in [0.29, 0.717) is 6.20 Å². The van der Waals surface area contributed by atoms with Crippen molar-refractivity contribution >= 4 is 17.4 Å². The van der Waals surface area contributed by atoms with Crippen molar-refractivity contribution < 1.29 is 26.7 Å².